The summed E-state index contributed by atoms with van der Waals surface area (Å²) in [5, 5.41) is 6.73. The molecule has 1 fully saturated rings. The Morgan fingerprint density at radius 3 is 2.78 bits per heavy atom. The number of benzene rings is 1. The fourth-order valence-corrected chi connectivity index (χ4v) is 3.11. The number of rotatable bonds is 7. The van der Waals surface area contributed by atoms with Crippen molar-refractivity contribution in [2.45, 2.75) is 38.8 Å². The molecule has 0 aliphatic carbocycles. The molecule has 0 bridgehead atoms. The topological polar surface area (TPSA) is 42.9 Å². The lowest BCUT2D eigenvalue weighted by Crippen LogP contribution is -2.47. The average Bonchev–Trinajstić information content (AvgIpc) is 3.08. The van der Waals surface area contributed by atoms with Crippen LogP contribution in [0.4, 0.5) is 14.5 Å². The van der Waals surface area contributed by atoms with Gasteiger partial charge in [0.15, 0.2) is 5.96 Å². The fraction of sp³-hybridized carbons (Fsp3) is 0.632. The molecule has 0 amide bonds. The van der Waals surface area contributed by atoms with Crippen LogP contribution >= 0.6 is 24.0 Å². The van der Waals surface area contributed by atoms with Gasteiger partial charge in [0.2, 0.25) is 0 Å². The van der Waals surface area contributed by atoms with Gasteiger partial charge < -0.3 is 20.4 Å². The van der Waals surface area contributed by atoms with Gasteiger partial charge >= 0.3 is 0 Å². The molecule has 5 nitrogen and oxygen atoms in total. The SMILES string of the molecule is CCC(C)N(C)CCNC(=NC)NC1CCN(c2ccc(F)cc2F)C1.I. The highest BCUT2D eigenvalue weighted by Gasteiger charge is 2.25. The Morgan fingerprint density at radius 2 is 2.15 bits per heavy atom. The molecule has 2 rings (SSSR count). The van der Waals surface area contributed by atoms with Gasteiger partial charge in [0.25, 0.3) is 0 Å². The molecular formula is C19H32F2IN5. The summed E-state index contributed by atoms with van der Waals surface area (Å²) < 4.78 is 27.0. The van der Waals surface area contributed by atoms with Crippen molar-refractivity contribution in [2.24, 2.45) is 4.99 Å². The largest absolute Gasteiger partial charge is 0.367 e. The minimum absolute atomic E-state index is 0. The van der Waals surface area contributed by atoms with Gasteiger partial charge in [-0.15, -0.1) is 24.0 Å². The van der Waals surface area contributed by atoms with E-state index in [-0.39, 0.29) is 30.0 Å². The maximum absolute atomic E-state index is 14.0. The van der Waals surface area contributed by atoms with Gasteiger partial charge in [-0.05, 0) is 38.9 Å². The number of aliphatic imine (C=N–C) groups is 1. The van der Waals surface area contributed by atoms with Crippen molar-refractivity contribution in [1.29, 1.82) is 0 Å². The first kappa shape index (κ1) is 23.9. The zero-order valence-electron chi connectivity index (χ0n) is 16.6. The summed E-state index contributed by atoms with van der Waals surface area (Å²) >= 11 is 0. The number of nitrogens with one attached hydrogen (secondary N) is 2. The third-order valence-electron chi connectivity index (χ3n) is 5.10. The van der Waals surface area contributed by atoms with Crippen molar-refractivity contribution in [3.8, 4) is 0 Å². The van der Waals surface area contributed by atoms with E-state index >= 15 is 0 Å². The smallest absolute Gasteiger partial charge is 0.191 e. The molecule has 1 aliphatic heterocycles. The summed E-state index contributed by atoms with van der Waals surface area (Å²) in [5.41, 5.74) is 0.453. The summed E-state index contributed by atoms with van der Waals surface area (Å²) in [6.45, 7) is 7.54. The number of anilines is 1. The molecule has 154 valence electrons. The monoisotopic (exact) mass is 495 g/mol. The van der Waals surface area contributed by atoms with Gasteiger partial charge in [-0.1, -0.05) is 6.92 Å². The summed E-state index contributed by atoms with van der Waals surface area (Å²) in [7, 11) is 3.87. The van der Waals surface area contributed by atoms with Crippen LogP contribution in [-0.4, -0.2) is 63.2 Å². The van der Waals surface area contributed by atoms with Gasteiger partial charge in [-0.2, -0.15) is 0 Å². The highest BCUT2D eigenvalue weighted by Crippen LogP contribution is 2.24. The van der Waals surface area contributed by atoms with E-state index in [4.69, 9.17) is 0 Å². The summed E-state index contributed by atoms with van der Waals surface area (Å²) in [4.78, 5) is 8.53. The summed E-state index contributed by atoms with van der Waals surface area (Å²) in [5.74, 6) is -0.303. The van der Waals surface area contributed by atoms with Crippen LogP contribution in [0, 0.1) is 11.6 Å². The zero-order valence-corrected chi connectivity index (χ0v) is 19.0. The fourth-order valence-electron chi connectivity index (χ4n) is 3.11. The molecule has 0 spiro atoms. The van der Waals surface area contributed by atoms with E-state index in [1.165, 1.54) is 12.1 Å². The maximum atomic E-state index is 14.0. The van der Waals surface area contributed by atoms with Crippen molar-refractivity contribution in [2.75, 3.05) is 45.2 Å². The Balaban J connectivity index is 0.00000364. The normalized spacial score (nSPS) is 18.4. The maximum Gasteiger partial charge on any atom is 0.191 e. The Morgan fingerprint density at radius 1 is 1.41 bits per heavy atom. The van der Waals surface area contributed by atoms with Crippen molar-refractivity contribution in [3.05, 3.63) is 29.8 Å². The Hall–Kier alpha value is -1.16. The predicted octanol–water partition coefficient (Wildman–Crippen LogP) is 3.06. The molecule has 1 aliphatic rings. The van der Waals surface area contributed by atoms with E-state index in [0.717, 1.165) is 44.5 Å². The van der Waals surface area contributed by atoms with Gasteiger partial charge in [-0.3, -0.25) is 4.99 Å². The van der Waals surface area contributed by atoms with E-state index in [0.29, 0.717) is 18.3 Å². The van der Waals surface area contributed by atoms with Crippen molar-refractivity contribution < 1.29 is 8.78 Å². The summed E-state index contributed by atoms with van der Waals surface area (Å²) in [6.07, 6.45) is 2.01. The number of hydrogen-bond acceptors (Lipinski definition) is 3. The zero-order chi connectivity index (χ0) is 19.1. The van der Waals surface area contributed by atoms with E-state index in [2.05, 4.69) is 41.4 Å². The molecule has 0 aromatic heterocycles. The highest BCUT2D eigenvalue weighted by atomic mass is 127. The second-order valence-corrected chi connectivity index (χ2v) is 6.91. The van der Waals surface area contributed by atoms with Crippen LogP contribution in [0.1, 0.15) is 26.7 Å². The second kappa shape index (κ2) is 11.6. The van der Waals surface area contributed by atoms with Crippen LogP contribution in [0.5, 0.6) is 0 Å². The van der Waals surface area contributed by atoms with E-state index < -0.39 is 11.6 Å². The number of guanidine groups is 1. The van der Waals surface area contributed by atoms with Crippen LogP contribution in [-0.2, 0) is 0 Å². The van der Waals surface area contributed by atoms with Crippen LogP contribution in [0.15, 0.2) is 23.2 Å². The van der Waals surface area contributed by atoms with Crippen LogP contribution in [0.3, 0.4) is 0 Å². The first-order valence-corrected chi connectivity index (χ1v) is 9.32. The standard InChI is InChI=1S/C19H31F2N5.HI/c1-5-14(2)25(4)11-9-23-19(22-3)24-16-8-10-26(13-16)18-7-6-15(20)12-17(18)21;/h6-7,12,14,16H,5,8-11,13H2,1-4H3,(H2,22,23,24);1H. The predicted molar refractivity (Wildman–Crippen MR) is 119 cm³/mol. The molecule has 0 radical (unpaired) electrons. The Labute approximate surface area is 178 Å². The molecule has 1 heterocycles. The molecule has 1 aromatic rings. The summed E-state index contributed by atoms with van der Waals surface area (Å²) in [6, 6.07) is 4.47. The number of nitrogens with zero attached hydrogens (tertiary/aromatic N) is 3. The molecule has 0 saturated carbocycles. The highest BCUT2D eigenvalue weighted by molar-refractivity contribution is 14.0. The van der Waals surface area contributed by atoms with Gasteiger partial charge in [0.1, 0.15) is 11.6 Å². The molecule has 1 aromatic carbocycles. The Bertz CT molecular complexity index is 614. The van der Waals surface area contributed by atoms with Gasteiger partial charge in [0.05, 0.1) is 5.69 Å². The lowest BCUT2D eigenvalue weighted by molar-refractivity contribution is 0.255. The molecule has 8 heteroatoms. The average molecular weight is 495 g/mol. The van der Waals surface area contributed by atoms with Crippen molar-refractivity contribution in [3.63, 3.8) is 0 Å². The first-order valence-electron chi connectivity index (χ1n) is 9.32. The number of hydrogen-bond donors (Lipinski definition) is 2. The molecular weight excluding hydrogens is 463 g/mol. The second-order valence-electron chi connectivity index (χ2n) is 6.91. The van der Waals surface area contributed by atoms with Crippen LogP contribution in [0.25, 0.3) is 0 Å². The van der Waals surface area contributed by atoms with E-state index in [1.807, 2.05) is 4.90 Å². The number of likely N-dealkylation sites (N-methyl/N-ethyl adjacent to an activating group) is 1. The Kier molecular flexibility index (Phi) is 10.3. The lowest BCUT2D eigenvalue weighted by atomic mass is 10.2. The molecule has 2 atom stereocenters. The van der Waals surface area contributed by atoms with Gasteiger partial charge in [-0.25, -0.2) is 8.78 Å². The molecule has 2 N–H and O–H groups in total. The third-order valence-corrected chi connectivity index (χ3v) is 5.10. The lowest BCUT2D eigenvalue weighted by Gasteiger charge is -2.24. The first-order chi connectivity index (χ1) is 12.4. The quantitative estimate of drug-likeness (QED) is 0.347. The van der Waals surface area contributed by atoms with Crippen molar-refractivity contribution >= 4 is 35.6 Å². The van der Waals surface area contributed by atoms with E-state index in [9.17, 15) is 8.78 Å². The van der Waals surface area contributed by atoms with Crippen molar-refractivity contribution in [1.82, 2.24) is 15.5 Å². The third kappa shape index (κ3) is 7.06. The number of halogens is 3. The molecule has 27 heavy (non-hydrogen) atoms. The van der Waals surface area contributed by atoms with Crippen LogP contribution < -0.4 is 15.5 Å². The minimum atomic E-state index is -0.549. The van der Waals surface area contributed by atoms with Gasteiger partial charge in [0, 0.05) is 51.4 Å². The van der Waals surface area contributed by atoms with Crippen LogP contribution in [0.2, 0.25) is 0 Å². The molecule has 2 unspecified atom stereocenters. The minimum Gasteiger partial charge on any atom is -0.367 e. The molecule has 1 saturated heterocycles. The van der Waals surface area contributed by atoms with E-state index in [1.54, 1.807) is 7.05 Å².